The Morgan fingerprint density at radius 3 is 2.85 bits per heavy atom. The second kappa shape index (κ2) is 8.00. The van der Waals surface area contributed by atoms with Crippen LogP contribution in [0, 0.1) is 0 Å². The van der Waals surface area contributed by atoms with Crippen molar-refractivity contribution in [3.63, 3.8) is 0 Å². The Labute approximate surface area is 194 Å². The number of urea groups is 1. The quantitative estimate of drug-likeness (QED) is 0.492. The van der Waals surface area contributed by atoms with Crippen LogP contribution in [-0.2, 0) is 4.79 Å². The van der Waals surface area contributed by atoms with Crippen molar-refractivity contribution < 1.29 is 14.4 Å². The van der Waals surface area contributed by atoms with E-state index in [4.69, 9.17) is 0 Å². The molecule has 5 rings (SSSR count). The van der Waals surface area contributed by atoms with E-state index < -0.39 is 5.54 Å². The first-order valence-electron chi connectivity index (χ1n) is 10.7. The third kappa shape index (κ3) is 3.54. The van der Waals surface area contributed by atoms with Gasteiger partial charge in [0.25, 0.3) is 5.91 Å². The van der Waals surface area contributed by atoms with Crippen LogP contribution < -0.4 is 20.9 Å². The molecule has 1 aliphatic carbocycles. The minimum Gasteiger partial charge on any atom is -0.347 e. The van der Waals surface area contributed by atoms with Crippen LogP contribution in [0.15, 0.2) is 55.3 Å². The number of thiophene rings is 1. The van der Waals surface area contributed by atoms with Crippen molar-refractivity contribution >= 4 is 56.5 Å². The molecular formula is C24H23N5O3S. The van der Waals surface area contributed by atoms with Crippen LogP contribution >= 0.6 is 11.3 Å². The summed E-state index contributed by atoms with van der Waals surface area (Å²) < 4.78 is 0. The van der Waals surface area contributed by atoms with E-state index in [9.17, 15) is 14.4 Å². The molecule has 2 aromatic heterocycles. The van der Waals surface area contributed by atoms with Gasteiger partial charge in [0.1, 0.15) is 9.71 Å². The van der Waals surface area contributed by atoms with E-state index >= 15 is 0 Å². The summed E-state index contributed by atoms with van der Waals surface area (Å²) in [6, 6.07) is 10.6. The van der Waals surface area contributed by atoms with E-state index in [0.717, 1.165) is 30.3 Å². The number of rotatable bonds is 5. The molecule has 0 radical (unpaired) electrons. The summed E-state index contributed by atoms with van der Waals surface area (Å²) >= 11 is 1.24. The van der Waals surface area contributed by atoms with E-state index in [-0.39, 0.29) is 23.9 Å². The molecule has 1 aromatic carbocycles. The van der Waals surface area contributed by atoms with Crippen molar-refractivity contribution in [2.75, 3.05) is 10.2 Å². The molecule has 3 heterocycles. The highest BCUT2D eigenvalue weighted by Gasteiger charge is 2.42. The number of carbonyl (C=O) groups is 3. The number of pyridine rings is 1. The third-order valence-corrected chi connectivity index (χ3v) is 7.42. The number of hydrogen-bond donors (Lipinski definition) is 3. The first kappa shape index (κ1) is 21.1. The highest BCUT2D eigenvalue weighted by molar-refractivity contribution is 7.21. The fraction of sp³-hybridized carbons (Fsp3) is 0.250. The maximum absolute atomic E-state index is 13.4. The molecule has 2 atom stereocenters. The lowest BCUT2D eigenvalue weighted by atomic mass is 9.95. The standard InChI is InChI=1S/C24H23N5O3S/c1-3-17(30)26-16-10-7-12-24(16,2)28-21(31)20-19-18-15(11-13-25-22(18)33-20)29(23(32)27-19)14-8-5-4-6-9-14/h3-6,8-9,11,13,16H,1,7,10,12H2,2H3,(H,26,30)(H,27,32)(H,28,31)/t16-,24+/m1/s1. The number of nitrogens with one attached hydrogen (secondary N) is 3. The van der Waals surface area contributed by atoms with Crippen molar-refractivity contribution in [2.24, 2.45) is 0 Å². The molecule has 8 nitrogen and oxygen atoms in total. The maximum atomic E-state index is 13.4. The number of carbonyl (C=O) groups excluding carboxylic acids is 3. The minimum absolute atomic E-state index is 0.200. The van der Waals surface area contributed by atoms with Gasteiger partial charge >= 0.3 is 6.03 Å². The lowest BCUT2D eigenvalue weighted by Crippen LogP contribution is -2.57. The number of para-hydroxylation sites is 1. The first-order valence-corrected chi connectivity index (χ1v) is 11.6. The first-order chi connectivity index (χ1) is 15.9. The van der Waals surface area contributed by atoms with Gasteiger partial charge in [0.15, 0.2) is 0 Å². The van der Waals surface area contributed by atoms with Crippen LogP contribution in [0.5, 0.6) is 0 Å². The number of nitrogens with zero attached hydrogens (tertiary/aromatic N) is 2. The molecule has 1 aliphatic heterocycles. The van der Waals surface area contributed by atoms with Gasteiger partial charge in [-0.1, -0.05) is 24.8 Å². The smallest absolute Gasteiger partial charge is 0.331 e. The summed E-state index contributed by atoms with van der Waals surface area (Å²) in [6.45, 7) is 5.44. The zero-order valence-corrected chi connectivity index (χ0v) is 18.9. The lowest BCUT2D eigenvalue weighted by Gasteiger charge is -2.33. The van der Waals surface area contributed by atoms with Crippen molar-refractivity contribution in [1.29, 1.82) is 0 Å². The molecule has 0 unspecified atom stereocenters. The summed E-state index contributed by atoms with van der Waals surface area (Å²) in [5.74, 6) is -0.559. The zero-order chi connectivity index (χ0) is 23.2. The van der Waals surface area contributed by atoms with Gasteiger partial charge in [-0.15, -0.1) is 11.3 Å². The molecule has 1 saturated carbocycles. The van der Waals surface area contributed by atoms with E-state index in [1.807, 2.05) is 37.3 Å². The zero-order valence-electron chi connectivity index (χ0n) is 18.1. The molecule has 0 spiro atoms. The molecule has 3 aromatic rings. The fourth-order valence-electron chi connectivity index (χ4n) is 4.67. The van der Waals surface area contributed by atoms with Crippen LogP contribution in [0.1, 0.15) is 35.9 Å². The summed E-state index contributed by atoms with van der Waals surface area (Å²) in [4.78, 5) is 45.5. The SMILES string of the molecule is C=CC(=O)N[C@@H]1CCC[C@]1(C)NC(=O)c1sc2nccc3c2c1NC(=O)N3c1ccccc1. The van der Waals surface area contributed by atoms with E-state index in [0.29, 0.717) is 21.1 Å². The van der Waals surface area contributed by atoms with Crippen molar-refractivity contribution in [2.45, 2.75) is 37.8 Å². The molecular weight excluding hydrogens is 438 g/mol. The van der Waals surface area contributed by atoms with Gasteiger partial charge in [-0.3, -0.25) is 14.5 Å². The molecule has 168 valence electrons. The molecule has 33 heavy (non-hydrogen) atoms. The van der Waals surface area contributed by atoms with E-state index in [1.54, 1.807) is 17.2 Å². The Morgan fingerprint density at radius 1 is 1.30 bits per heavy atom. The Bertz CT molecular complexity index is 1290. The number of anilines is 3. The topological polar surface area (TPSA) is 103 Å². The van der Waals surface area contributed by atoms with Gasteiger partial charge in [0.05, 0.1) is 34.0 Å². The van der Waals surface area contributed by atoms with Gasteiger partial charge in [0.2, 0.25) is 5.91 Å². The number of benzene rings is 1. The average Bonchev–Trinajstić information content (AvgIpc) is 3.35. The third-order valence-electron chi connectivity index (χ3n) is 6.33. The molecule has 1 fully saturated rings. The maximum Gasteiger partial charge on any atom is 0.331 e. The number of hydrogen-bond acceptors (Lipinski definition) is 5. The molecule has 2 aliphatic rings. The van der Waals surface area contributed by atoms with Gasteiger partial charge in [-0.2, -0.15) is 0 Å². The van der Waals surface area contributed by atoms with E-state index in [1.165, 1.54) is 17.4 Å². The van der Waals surface area contributed by atoms with Gasteiger partial charge in [-0.25, -0.2) is 9.78 Å². The van der Waals surface area contributed by atoms with Crippen LogP contribution in [0.25, 0.3) is 10.2 Å². The Hall–Kier alpha value is -3.72. The predicted molar refractivity (Wildman–Crippen MR) is 129 cm³/mol. The minimum atomic E-state index is -0.607. The Kier molecular flexibility index (Phi) is 5.13. The van der Waals surface area contributed by atoms with E-state index in [2.05, 4.69) is 27.5 Å². The second-order valence-corrected chi connectivity index (χ2v) is 9.45. The highest BCUT2D eigenvalue weighted by atomic mass is 32.1. The fourth-order valence-corrected chi connectivity index (χ4v) is 5.69. The van der Waals surface area contributed by atoms with Crippen molar-refractivity contribution in [3.05, 3.63) is 60.1 Å². The summed E-state index contributed by atoms with van der Waals surface area (Å²) in [5.41, 5.74) is 1.28. The lowest BCUT2D eigenvalue weighted by molar-refractivity contribution is -0.117. The van der Waals surface area contributed by atoms with Crippen LogP contribution in [0.2, 0.25) is 0 Å². The molecule has 9 heteroatoms. The summed E-state index contributed by atoms with van der Waals surface area (Å²) in [7, 11) is 0. The van der Waals surface area contributed by atoms with Gasteiger partial charge < -0.3 is 16.0 Å². The van der Waals surface area contributed by atoms with Gasteiger partial charge in [-0.05, 0) is 50.5 Å². The number of amides is 4. The van der Waals surface area contributed by atoms with Crippen LogP contribution in [0.4, 0.5) is 21.9 Å². The Morgan fingerprint density at radius 2 is 2.09 bits per heavy atom. The predicted octanol–water partition coefficient (Wildman–Crippen LogP) is 4.32. The highest BCUT2D eigenvalue weighted by Crippen LogP contribution is 2.45. The summed E-state index contributed by atoms with van der Waals surface area (Å²) in [5, 5.41) is 9.69. The van der Waals surface area contributed by atoms with Crippen LogP contribution in [-0.4, -0.2) is 34.4 Å². The summed E-state index contributed by atoms with van der Waals surface area (Å²) in [6.07, 6.45) is 5.26. The monoisotopic (exact) mass is 461 g/mol. The number of aromatic nitrogens is 1. The van der Waals surface area contributed by atoms with Crippen molar-refractivity contribution in [3.8, 4) is 0 Å². The molecule has 4 amide bonds. The average molecular weight is 462 g/mol. The normalized spacial score (nSPS) is 21.5. The molecule has 0 bridgehead atoms. The largest absolute Gasteiger partial charge is 0.347 e. The van der Waals surface area contributed by atoms with Crippen LogP contribution in [0.3, 0.4) is 0 Å². The molecule has 3 N–H and O–H groups in total. The van der Waals surface area contributed by atoms with Crippen molar-refractivity contribution in [1.82, 2.24) is 15.6 Å². The van der Waals surface area contributed by atoms with Gasteiger partial charge in [0, 0.05) is 6.20 Å². The molecule has 0 saturated heterocycles. The second-order valence-electron chi connectivity index (χ2n) is 8.45. The Balaban J connectivity index is 1.51.